The van der Waals surface area contributed by atoms with Crippen molar-refractivity contribution in [2.75, 3.05) is 18.6 Å². The molecule has 7 heteroatoms. The molecular weight excluding hydrogens is 394 g/mol. The molecule has 3 aromatic carbocycles. The summed E-state index contributed by atoms with van der Waals surface area (Å²) in [5.41, 5.74) is 5.24. The van der Waals surface area contributed by atoms with Gasteiger partial charge >= 0.3 is 5.97 Å². The summed E-state index contributed by atoms with van der Waals surface area (Å²) in [6.45, 7) is 0.721. The SMILES string of the molecule is COC(=O)c1ccc2c(c1)N1CC1(c1ccc([N+](=O)[O-])cc1)c1cc3ccccc3n1-2. The van der Waals surface area contributed by atoms with Crippen LogP contribution in [0.25, 0.3) is 16.6 Å². The van der Waals surface area contributed by atoms with E-state index in [0.717, 1.165) is 40.1 Å². The zero-order chi connectivity index (χ0) is 21.3. The lowest BCUT2D eigenvalue weighted by Crippen LogP contribution is -2.26. The maximum atomic E-state index is 12.2. The number of nitro benzene ring substituents is 1. The lowest BCUT2D eigenvalue weighted by molar-refractivity contribution is -0.384. The Morgan fingerprint density at radius 3 is 2.55 bits per heavy atom. The first-order valence-electron chi connectivity index (χ1n) is 9.91. The van der Waals surface area contributed by atoms with Crippen LogP contribution < -0.4 is 4.90 Å². The predicted molar refractivity (Wildman–Crippen MR) is 116 cm³/mol. The largest absolute Gasteiger partial charge is 0.465 e. The fraction of sp³-hybridized carbons (Fsp3) is 0.125. The lowest BCUT2D eigenvalue weighted by atomic mass is 9.93. The molecule has 7 nitrogen and oxygen atoms in total. The molecule has 1 aromatic heterocycles. The summed E-state index contributed by atoms with van der Waals surface area (Å²) in [5, 5.41) is 12.3. The van der Waals surface area contributed by atoms with Crippen LogP contribution in [0.5, 0.6) is 0 Å². The average Bonchev–Trinajstić information content (AvgIpc) is 3.46. The number of fused-ring (bicyclic) bond motifs is 8. The Kier molecular flexibility index (Phi) is 3.40. The van der Waals surface area contributed by atoms with E-state index >= 15 is 0 Å². The highest BCUT2D eigenvalue weighted by Crippen LogP contribution is 2.58. The summed E-state index contributed by atoms with van der Waals surface area (Å²) in [4.78, 5) is 25.2. The van der Waals surface area contributed by atoms with Gasteiger partial charge in [-0.3, -0.25) is 10.1 Å². The molecule has 1 atom stereocenters. The molecule has 0 saturated carbocycles. The minimum Gasteiger partial charge on any atom is -0.465 e. The van der Waals surface area contributed by atoms with Gasteiger partial charge < -0.3 is 14.2 Å². The molecule has 0 aliphatic carbocycles. The number of methoxy groups -OCH3 is 1. The molecule has 0 bridgehead atoms. The van der Waals surface area contributed by atoms with Crippen molar-refractivity contribution in [3.05, 3.63) is 99.7 Å². The van der Waals surface area contributed by atoms with E-state index in [4.69, 9.17) is 4.74 Å². The Bertz CT molecular complexity index is 1410. The van der Waals surface area contributed by atoms with Gasteiger partial charge in [0.15, 0.2) is 0 Å². The summed E-state index contributed by atoms with van der Waals surface area (Å²) < 4.78 is 7.15. The highest BCUT2D eigenvalue weighted by atomic mass is 16.6. The first-order chi connectivity index (χ1) is 15.0. The third-order valence-corrected chi connectivity index (χ3v) is 6.36. The van der Waals surface area contributed by atoms with Crippen molar-refractivity contribution in [3.8, 4) is 5.69 Å². The maximum absolute atomic E-state index is 12.2. The fourth-order valence-corrected chi connectivity index (χ4v) is 4.85. The third-order valence-electron chi connectivity index (χ3n) is 6.36. The summed E-state index contributed by atoms with van der Waals surface area (Å²) >= 11 is 0. The Labute approximate surface area is 177 Å². The van der Waals surface area contributed by atoms with Gasteiger partial charge in [0.05, 0.1) is 46.7 Å². The number of ether oxygens (including phenoxy) is 1. The van der Waals surface area contributed by atoms with Gasteiger partial charge in [-0.25, -0.2) is 4.79 Å². The highest BCUT2D eigenvalue weighted by molar-refractivity contribution is 5.95. The number of hydrogen-bond donors (Lipinski definition) is 0. The molecule has 1 saturated heterocycles. The standard InChI is InChI=1S/C24H17N3O4/c1-31-23(28)16-6-11-20-21(12-16)25-14-24(25,17-7-9-18(10-8-17)27(29)30)22-13-15-4-2-3-5-19(15)26(20)22/h2-13H,14H2,1H3. The third kappa shape index (κ3) is 2.25. The molecule has 2 aliphatic heterocycles. The van der Waals surface area contributed by atoms with E-state index in [1.807, 2.05) is 36.4 Å². The molecule has 1 fully saturated rings. The number of rotatable bonds is 3. The molecule has 0 radical (unpaired) electrons. The number of anilines is 1. The monoisotopic (exact) mass is 411 g/mol. The summed E-state index contributed by atoms with van der Waals surface area (Å²) in [5.74, 6) is -0.381. The van der Waals surface area contributed by atoms with Gasteiger partial charge in [0.2, 0.25) is 0 Å². The second kappa shape index (κ2) is 5.95. The van der Waals surface area contributed by atoms with Crippen LogP contribution in [0.15, 0.2) is 72.8 Å². The molecule has 152 valence electrons. The molecular formula is C24H17N3O4. The molecule has 2 aliphatic rings. The zero-order valence-corrected chi connectivity index (χ0v) is 16.6. The second-order valence-corrected chi connectivity index (χ2v) is 7.87. The lowest BCUT2D eigenvalue weighted by Gasteiger charge is -2.29. The van der Waals surface area contributed by atoms with Gasteiger partial charge in [-0.05, 0) is 48.0 Å². The van der Waals surface area contributed by atoms with Crippen molar-refractivity contribution in [2.24, 2.45) is 0 Å². The summed E-state index contributed by atoms with van der Waals surface area (Å²) in [6, 6.07) is 22.7. The first kappa shape index (κ1) is 17.7. The first-order valence-corrected chi connectivity index (χ1v) is 9.91. The van der Waals surface area contributed by atoms with Crippen LogP contribution in [-0.2, 0) is 10.3 Å². The van der Waals surface area contributed by atoms with Crippen molar-refractivity contribution in [2.45, 2.75) is 5.54 Å². The van der Waals surface area contributed by atoms with E-state index in [-0.39, 0.29) is 16.6 Å². The minimum atomic E-state index is -0.435. The van der Waals surface area contributed by atoms with Crippen molar-refractivity contribution in [3.63, 3.8) is 0 Å². The smallest absolute Gasteiger partial charge is 0.337 e. The molecule has 4 aromatic rings. The Morgan fingerprint density at radius 2 is 1.81 bits per heavy atom. The average molecular weight is 411 g/mol. The Morgan fingerprint density at radius 1 is 1.03 bits per heavy atom. The molecule has 0 amide bonds. The van der Waals surface area contributed by atoms with E-state index in [9.17, 15) is 14.9 Å². The van der Waals surface area contributed by atoms with E-state index in [1.165, 1.54) is 7.11 Å². The minimum absolute atomic E-state index is 0.0667. The number of aromatic nitrogens is 1. The molecule has 0 N–H and O–H groups in total. The van der Waals surface area contributed by atoms with Gasteiger partial charge in [-0.2, -0.15) is 0 Å². The van der Waals surface area contributed by atoms with Gasteiger partial charge in [-0.1, -0.05) is 18.2 Å². The number of hydrogen-bond acceptors (Lipinski definition) is 5. The number of para-hydroxylation sites is 1. The van der Waals surface area contributed by atoms with Crippen LogP contribution in [-0.4, -0.2) is 29.1 Å². The molecule has 31 heavy (non-hydrogen) atoms. The molecule has 1 unspecified atom stereocenters. The number of carbonyl (C=O) groups excluding carboxylic acids is 1. The fourth-order valence-electron chi connectivity index (χ4n) is 4.85. The van der Waals surface area contributed by atoms with Gasteiger partial charge in [0, 0.05) is 17.5 Å². The molecule has 3 heterocycles. The maximum Gasteiger partial charge on any atom is 0.337 e. The van der Waals surface area contributed by atoms with Crippen molar-refractivity contribution >= 4 is 28.2 Å². The molecule has 0 spiro atoms. The Hall–Kier alpha value is -4.13. The van der Waals surface area contributed by atoms with Crippen molar-refractivity contribution < 1.29 is 14.5 Å². The number of carbonyl (C=O) groups is 1. The van der Waals surface area contributed by atoms with Crippen molar-refractivity contribution in [1.82, 2.24) is 4.57 Å². The topological polar surface area (TPSA) is 77.4 Å². The van der Waals surface area contributed by atoms with Gasteiger partial charge in [0.25, 0.3) is 5.69 Å². The number of esters is 1. The van der Waals surface area contributed by atoms with E-state index in [2.05, 4.69) is 27.7 Å². The van der Waals surface area contributed by atoms with Crippen LogP contribution >= 0.6 is 0 Å². The van der Waals surface area contributed by atoms with E-state index < -0.39 is 5.54 Å². The van der Waals surface area contributed by atoms with Crippen LogP contribution in [0.2, 0.25) is 0 Å². The van der Waals surface area contributed by atoms with Crippen LogP contribution in [0, 0.1) is 10.1 Å². The highest BCUT2D eigenvalue weighted by Gasteiger charge is 2.60. The number of nitro groups is 1. The van der Waals surface area contributed by atoms with Gasteiger partial charge in [0.1, 0.15) is 5.54 Å². The summed E-state index contributed by atoms with van der Waals surface area (Å²) in [7, 11) is 1.37. The Balaban J connectivity index is 1.62. The number of non-ortho nitro benzene ring substituents is 1. The predicted octanol–water partition coefficient (Wildman–Crippen LogP) is 4.40. The van der Waals surface area contributed by atoms with E-state index in [1.54, 1.807) is 18.2 Å². The number of benzene rings is 3. The van der Waals surface area contributed by atoms with E-state index in [0.29, 0.717) is 5.56 Å². The number of nitrogens with zero attached hydrogens (tertiary/aromatic N) is 3. The second-order valence-electron chi connectivity index (χ2n) is 7.87. The van der Waals surface area contributed by atoms with Gasteiger partial charge in [-0.15, -0.1) is 0 Å². The normalized spacial score (nSPS) is 18.2. The van der Waals surface area contributed by atoms with Crippen LogP contribution in [0.3, 0.4) is 0 Å². The quantitative estimate of drug-likeness (QED) is 0.216. The van der Waals surface area contributed by atoms with Crippen LogP contribution in [0.1, 0.15) is 21.6 Å². The molecule has 6 rings (SSSR count). The zero-order valence-electron chi connectivity index (χ0n) is 16.6. The van der Waals surface area contributed by atoms with Crippen LogP contribution in [0.4, 0.5) is 11.4 Å². The van der Waals surface area contributed by atoms with Crippen molar-refractivity contribution in [1.29, 1.82) is 0 Å². The summed E-state index contributed by atoms with van der Waals surface area (Å²) in [6.07, 6.45) is 0.